The van der Waals surface area contributed by atoms with Crippen molar-refractivity contribution in [3.63, 3.8) is 0 Å². The Morgan fingerprint density at radius 1 is 1.61 bits per heavy atom. The maximum absolute atomic E-state index is 11.7. The van der Waals surface area contributed by atoms with Crippen molar-refractivity contribution in [2.75, 3.05) is 11.9 Å². The van der Waals surface area contributed by atoms with E-state index in [4.69, 9.17) is 0 Å². The first-order valence-electron chi connectivity index (χ1n) is 5.73. The third-order valence-electron chi connectivity index (χ3n) is 2.39. The van der Waals surface area contributed by atoms with Crippen LogP contribution in [0, 0.1) is 0 Å². The number of halogens is 1. The molecule has 100 valence electrons. The van der Waals surface area contributed by atoms with Gasteiger partial charge in [0, 0.05) is 13.6 Å². The average molecular weight is 317 g/mol. The molecule has 0 bridgehead atoms. The van der Waals surface area contributed by atoms with Gasteiger partial charge in [-0.05, 0) is 29.3 Å². The fourth-order valence-corrected chi connectivity index (χ4v) is 1.78. The van der Waals surface area contributed by atoms with Crippen LogP contribution < -0.4 is 16.2 Å². The van der Waals surface area contributed by atoms with Gasteiger partial charge in [0.05, 0.1) is 11.9 Å². The van der Waals surface area contributed by atoms with Crippen LogP contribution in [0.5, 0.6) is 0 Å². The Morgan fingerprint density at radius 2 is 2.28 bits per heavy atom. The van der Waals surface area contributed by atoms with E-state index in [2.05, 4.69) is 31.7 Å². The summed E-state index contributed by atoms with van der Waals surface area (Å²) in [6.45, 7) is 4.36. The summed E-state index contributed by atoms with van der Waals surface area (Å²) in [4.78, 5) is 23.3. The highest BCUT2D eigenvalue weighted by Gasteiger charge is 2.14. The lowest BCUT2D eigenvalue weighted by Crippen LogP contribution is -2.38. The van der Waals surface area contributed by atoms with E-state index in [0.29, 0.717) is 16.7 Å². The van der Waals surface area contributed by atoms with E-state index in [-0.39, 0.29) is 11.5 Å². The second-order valence-electron chi connectivity index (χ2n) is 3.96. The van der Waals surface area contributed by atoms with E-state index in [1.165, 1.54) is 10.9 Å². The quantitative estimate of drug-likeness (QED) is 0.845. The van der Waals surface area contributed by atoms with Crippen LogP contribution in [-0.4, -0.2) is 28.3 Å². The zero-order valence-corrected chi connectivity index (χ0v) is 12.2. The molecule has 18 heavy (non-hydrogen) atoms. The molecule has 0 aliphatic rings. The molecule has 0 saturated carbocycles. The number of nitrogens with zero attached hydrogens (tertiary/aromatic N) is 2. The number of carbonyl (C=O) groups excluding carboxylic acids is 1. The molecule has 0 aliphatic carbocycles. The van der Waals surface area contributed by atoms with Crippen LogP contribution in [0.2, 0.25) is 0 Å². The Balaban J connectivity index is 2.76. The molecular weight excluding hydrogens is 300 g/mol. The second-order valence-corrected chi connectivity index (χ2v) is 4.75. The van der Waals surface area contributed by atoms with E-state index >= 15 is 0 Å². The van der Waals surface area contributed by atoms with E-state index < -0.39 is 6.04 Å². The van der Waals surface area contributed by atoms with Crippen molar-refractivity contribution in [1.82, 2.24) is 15.1 Å². The monoisotopic (exact) mass is 316 g/mol. The summed E-state index contributed by atoms with van der Waals surface area (Å²) in [6.07, 6.45) is 2.39. The normalized spacial score (nSPS) is 12.0. The van der Waals surface area contributed by atoms with E-state index in [1.54, 1.807) is 14.0 Å². The molecule has 0 fully saturated rings. The number of hydrogen-bond donors (Lipinski definition) is 2. The summed E-state index contributed by atoms with van der Waals surface area (Å²) in [5.74, 6) is -0.107. The van der Waals surface area contributed by atoms with Crippen LogP contribution in [-0.2, 0) is 11.8 Å². The van der Waals surface area contributed by atoms with Gasteiger partial charge in [-0.1, -0.05) is 6.92 Å². The predicted octanol–water partition coefficient (Wildman–Crippen LogP) is 0.869. The zero-order valence-electron chi connectivity index (χ0n) is 10.7. The lowest BCUT2D eigenvalue weighted by molar-refractivity contribution is -0.121. The summed E-state index contributed by atoms with van der Waals surface area (Å²) in [5.41, 5.74) is 0.262. The number of aromatic nitrogens is 2. The Kier molecular flexibility index (Phi) is 5.33. The van der Waals surface area contributed by atoms with Crippen LogP contribution in [0.3, 0.4) is 0 Å². The molecule has 7 heteroatoms. The minimum absolute atomic E-state index is 0.107. The number of rotatable bonds is 5. The van der Waals surface area contributed by atoms with Crippen LogP contribution in [0.15, 0.2) is 15.5 Å². The Labute approximate surface area is 114 Å². The van der Waals surface area contributed by atoms with Crippen molar-refractivity contribution in [2.45, 2.75) is 26.3 Å². The number of nitrogens with one attached hydrogen (secondary N) is 2. The number of amides is 1. The molecule has 0 saturated heterocycles. The molecule has 1 aromatic heterocycles. The van der Waals surface area contributed by atoms with Gasteiger partial charge in [0.15, 0.2) is 0 Å². The minimum atomic E-state index is -0.429. The third kappa shape index (κ3) is 3.56. The first-order chi connectivity index (χ1) is 8.47. The molecule has 1 atom stereocenters. The van der Waals surface area contributed by atoms with Gasteiger partial charge >= 0.3 is 0 Å². The van der Waals surface area contributed by atoms with Gasteiger partial charge in [-0.2, -0.15) is 5.10 Å². The summed E-state index contributed by atoms with van der Waals surface area (Å²) in [6, 6.07) is -0.429. The van der Waals surface area contributed by atoms with Crippen LogP contribution in [0.25, 0.3) is 0 Å². The van der Waals surface area contributed by atoms with Gasteiger partial charge in [-0.25, -0.2) is 4.68 Å². The van der Waals surface area contributed by atoms with Gasteiger partial charge < -0.3 is 10.6 Å². The maximum Gasteiger partial charge on any atom is 0.282 e. The van der Waals surface area contributed by atoms with E-state index in [1.807, 2.05) is 6.92 Å². The first kappa shape index (κ1) is 14.7. The fraction of sp³-hybridized carbons (Fsp3) is 0.545. The standard InChI is InChI=1S/C11H17BrN4O2/c1-4-5-13-10(17)7(2)15-8-6-14-16(3)11(18)9(8)12/h6-7,15H,4-5H2,1-3H3,(H,13,17). The number of carbonyl (C=O) groups is 1. The lowest BCUT2D eigenvalue weighted by Gasteiger charge is -2.15. The average Bonchev–Trinajstić information content (AvgIpc) is 2.36. The maximum atomic E-state index is 11.7. The highest BCUT2D eigenvalue weighted by molar-refractivity contribution is 9.10. The summed E-state index contributed by atoms with van der Waals surface area (Å²) < 4.78 is 1.59. The summed E-state index contributed by atoms with van der Waals surface area (Å²) in [7, 11) is 1.56. The smallest absolute Gasteiger partial charge is 0.282 e. The molecule has 1 unspecified atom stereocenters. The van der Waals surface area contributed by atoms with E-state index in [9.17, 15) is 9.59 Å². The molecule has 0 aromatic carbocycles. The molecule has 2 N–H and O–H groups in total. The molecule has 1 heterocycles. The van der Waals surface area contributed by atoms with Gasteiger partial charge in [-0.15, -0.1) is 0 Å². The highest BCUT2D eigenvalue weighted by atomic mass is 79.9. The molecule has 1 amide bonds. The van der Waals surface area contributed by atoms with Crippen molar-refractivity contribution < 1.29 is 4.79 Å². The predicted molar refractivity (Wildman–Crippen MR) is 73.6 cm³/mol. The summed E-state index contributed by atoms with van der Waals surface area (Å²) >= 11 is 3.19. The molecule has 6 nitrogen and oxygen atoms in total. The molecule has 0 aliphatic heterocycles. The van der Waals surface area contributed by atoms with E-state index in [0.717, 1.165) is 6.42 Å². The fourth-order valence-electron chi connectivity index (χ4n) is 1.31. The Hall–Kier alpha value is -1.37. The summed E-state index contributed by atoms with van der Waals surface area (Å²) in [5, 5.41) is 9.62. The van der Waals surface area contributed by atoms with Crippen molar-refractivity contribution in [2.24, 2.45) is 7.05 Å². The zero-order chi connectivity index (χ0) is 13.7. The molecule has 0 spiro atoms. The molecule has 0 radical (unpaired) electrons. The molecule has 1 rings (SSSR count). The minimum Gasteiger partial charge on any atom is -0.372 e. The second kappa shape index (κ2) is 6.53. The van der Waals surface area contributed by atoms with Gasteiger partial charge in [0.2, 0.25) is 5.91 Å². The highest BCUT2D eigenvalue weighted by Crippen LogP contribution is 2.16. The van der Waals surface area contributed by atoms with Crippen molar-refractivity contribution in [3.8, 4) is 0 Å². The van der Waals surface area contributed by atoms with Crippen LogP contribution in [0.4, 0.5) is 5.69 Å². The topological polar surface area (TPSA) is 76.0 Å². The van der Waals surface area contributed by atoms with Gasteiger partial charge in [0.25, 0.3) is 5.56 Å². The number of aryl methyl sites for hydroxylation is 1. The number of hydrogen-bond acceptors (Lipinski definition) is 4. The number of anilines is 1. The SMILES string of the molecule is CCCNC(=O)C(C)Nc1cnn(C)c(=O)c1Br. The first-order valence-corrected chi connectivity index (χ1v) is 6.52. The lowest BCUT2D eigenvalue weighted by atomic mass is 10.3. The van der Waals surface area contributed by atoms with Crippen molar-refractivity contribution in [1.29, 1.82) is 0 Å². The molecule has 1 aromatic rings. The Bertz CT molecular complexity index is 486. The Morgan fingerprint density at radius 3 is 2.89 bits per heavy atom. The van der Waals surface area contributed by atoms with Crippen LogP contribution in [0.1, 0.15) is 20.3 Å². The third-order valence-corrected chi connectivity index (χ3v) is 3.16. The molecular formula is C11H17BrN4O2. The van der Waals surface area contributed by atoms with Crippen molar-refractivity contribution >= 4 is 27.5 Å². The van der Waals surface area contributed by atoms with Gasteiger partial charge in [0.1, 0.15) is 10.5 Å². The largest absolute Gasteiger partial charge is 0.372 e. The van der Waals surface area contributed by atoms with Crippen molar-refractivity contribution in [3.05, 3.63) is 21.0 Å². The van der Waals surface area contributed by atoms with Gasteiger partial charge in [-0.3, -0.25) is 9.59 Å². The van der Waals surface area contributed by atoms with Crippen LogP contribution >= 0.6 is 15.9 Å².